The first kappa shape index (κ1) is 37.8. The molecule has 1 aliphatic carbocycles. The van der Waals surface area contributed by atoms with E-state index in [-0.39, 0.29) is 29.0 Å². The molecule has 3 aromatic rings. The van der Waals surface area contributed by atoms with Crippen LogP contribution in [0.1, 0.15) is 44.1 Å². The van der Waals surface area contributed by atoms with E-state index < -0.39 is 42.9 Å². The van der Waals surface area contributed by atoms with Crippen LogP contribution in [0.5, 0.6) is 5.75 Å². The highest BCUT2D eigenvalue weighted by atomic mass is 32.2. The number of benzene rings is 3. The summed E-state index contributed by atoms with van der Waals surface area (Å²) in [4.78, 5) is 0.376. The molecule has 0 aromatic heterocycles. The van der Waals surface area contributed by atoms with E-state index in [0.29, 0.717) is 64.1 Å². The van der Waals surface area contributed by atoms with Crippen molar-refractivity contribution in [2.45, 2.75) is 77.4 Å². The van der Waals surface area contributed by atoms with Crippen molar-refractivity contribution >= 4 is 19.9 Å². The molecule has 0 amide bonds. The molecule has 6 rings (SSSR count). The second-order valence-electron chi connectivity index (χ2n) is 14.0. The summed E-state index contributed by atoms with van der Waals surface area (Å²) < 4.78 is 65.7. The summed E-state index contributed by atoms with van der Waals surface area (Å²) >= 11 is 0. The summed E-state index contributed by atoms with van der Waals surface area (Å²) in [5.41, 5.74) is 8.08. The summed E-state index contributed by atoms with van der Waals surface area (Å²) in [7, 11) is -7.37. The van der Waals surface area contributed by atoms with Crippen LogP contribution in [-0.4, -0.2) is 106 Å². The van der Waals surface area contributed by atoms with Crippen LogP contribution in [0, 0.1) is 0 Å². The number of hydrogen-bond donors (Lipinski definition) is 5. The zero-order valence-corrected chi connectivity index (χ0v) is 30.5. The molecular weight excluding hydrogens is 693 g/mol. The standard InChI is InChI=1S/C37H50N4O8S2/c38-16-3-17-39-23-28-8-10-29(11-9-28)30-4-1-7-35(20-30)51(46,47)41-18-14-36(15-19-41)22-31(25-49-36)40-24-32(43)26-48-33-5-2-6-34(21-33)50(44,45)37(27-42)12-13-37/h1-2,4-11,20-21,31-32,39-40,42-43H,3,12-19,22-27,38H2/t31-,32?/m1/s1. The van der Waals surface area contributed by atoms with E-state index in [1.165, 1.54) is 12.1 Å². The average Bonchev–Trinajstić information content (AvgIpc) is 3.88. The van der Waals surface area contributed by atoms with Crippen molar-refractivity contribution in [3.63, 3.8) is 0 Å². The molecule has 2 saturated heterocycles. The van der Waals surface area contributed by atoms with Gasteiger partial charge in [0.25, 0.3) is 0 Å². The third-order valence-electron chi connectivity index (χ3n) is 10.4. The fourth-order valence-electron chi connectivity index (χ4n) is 6.90. The molecular formula is C37H50N4O8S2. The number of sulfone groups is 1. The Kier molecular flexibility index (Phi) is 11.9. The molecule has 2 heterocycles. The number of hydrogen-bond acceptors (Lipinski definition) is 11. The lowest BCUT2D eigenvalue weighted by molar-refractivity contribution is -0.0312. The average molecular weight is 743 g/mol. The zero-order chi connectivity index (χ0) is 36.1. The predicted molar refractivity (Wildman–Crippen MR) is 195 cm³/mol. The minimum Gasteiger partial charge on any atom is -0.491 e. The van der Waals surface area contributed by atoms with Gasteiger partial charge in [-0.15, -0.1) is 0 Å². The molecule has 2 aliphatic heterocycles. The largest absolute Gasteiger partial charge is 0.491 e. The van der Waals surface area contributed by atoms with E-state index in [2.05, 4.69) is 22.8 Å². The van der Waals surface area contributed by atoms with E-state index in [1.807, 2.05) is 18.2 Å². The van der Waals surface area contributed by atoms with Gasteiger partial charge < -0.3 is 36.1 Å². The summed E-state index contributed by atoms with van der Waals surface area (Å²) in [6.45, 7) is 3.25. The Balaban J connectivity index is 0.960. The number of ether oxygens (including phenoxy) is 2. The molecule has 1 unspecified atom stereocenters. The number of aliphatic hydroxyl groups excluding tert-OH is 2. The third kappa shape index (κ3) is 8.66. The molecule has 3 fully saturated rings. The molecule has 3 aromatic carbocycles. The summed E-state index contributed by atoms with van der Waals surface area (Å²) in [6, 6.07) is 21.4. The minimum absolute atomic E-state index is 0.00529. The van der Waals surface area contributed by atoms with Crippen molar-refractivity contribution < 1.29 is 36.5 Å². The number of rotatable bonds is 17. The lowest BCUT2D eigenvalue weighted by Gasteiger charge is -2.38. The van der Waals surface area contributed by atoms with E-state index in [9.17, 15) is 27.0 Å². The molecule has 14 heteroatoms. The Morgan fingerprint density at radius 3 is 2.37 bits per heavy atom. The minimum atomic E-state index is -3.69. The van der Waals surface area contributed by atoms with Crippen molar-refractivity contribution in [3.05, 3.63) is 78.4 Å². The van der Waals surface area contributed by atoms with E-state index in [0.717, 1.165) is 36.2 Å². The molecule has 0 radical (unpaired) electrons. The van der Waals surface area contributed by atoms with Crippen LogP contribution >= 0.6 is 0 Å². The molecule has 6 N–H and O–H groups in total. The van der Waals surface area contributed by atoms with Crippen LogP contribution < -0.4 is 21.1 Å². The van der Waals surface area contributed by atoms with Gasteiger partial charge >= 0.3 is 0 Å². The Bertz CT molecular complexity index is 1840. The monoisotopic (exact) mass is 742 g/mol. The Morgan fingerprint density at radius 2 is 1.67 bits per heavy atom. The number of aliphatic hydroxyl groups is 2. The van der Waals surface area contributed by atoms with Crippen LogP contribution in [0.2, 0.25) is 0 Å². The molecule has 278 valence electrons. The summed E-state index contributed by atoms with van der Waals surface area (Å²) in [6.07, 6.45) is 2.81. The third-order valence-corrected chi connectivity index (χ3v) is 14.8. The molecule has 1 spiro atoms. The highest BCUT2D eigenvalue weighted by molar-refractivity contribution is 7.93. The molecule has 51 heavy (non-hydrogen) atoms. The van der Waals surface area contributed by atoms with Gasteiger partial charge in [-0.1, -0.05) is 42.5 Å². The first-order chi connectivity index (χ1) is 24.5. The van der Waals surface area contributed by atoms with Gasteiger partial charge in [0, 0.05) is 32.2 Å². The number of nitrogens with one attached hydrogen (secondary N) is 2. The van der Waals surface area contributed by atoms with Gasteiger partial charge in [-0.2, -0.15) is 4.31 Å². The highest BCUT2D eigenvalue weighted by Gasteiger charge is 2.54. The van der Waals surface area contributed by atoms with Gasteiger partial charge in [-0.3, -0.25) is 0 Å². The molecule has 0 bridgehead atoms. The fourth-order valence-corrected chi connectivity index (χ4v) is 10.2. The number of piperidine rings is 1. The van der Waals surface area contributed by atoms with Gasteiger partial charge in [0.1, 0.15) is 18.5 Å². The maximum atomic E-state index is 13.7. The first-order valence-corrected chi connectivity index (χ1v) is 20.7. The topological polar surface area (TPSA) is 181 Å². The van der Waals surface area contributed by atoms with E-state index in [1.54, 1.807) is 34.6 Å². The Hall–Kier alpha value is -2.92. The second kappa shape index (κ2) is 16.0. The first-order valence-electron chi connectivity index (χ1n) is 17.7. The normalized spacial score (nSPS) is 20.7. The van der Waals surface area contributed by atoms with Gasteiger partial charge in [0.05, 0.1) is 33.4 Å². The Morgan fingerprint density at radius 1 is 0.941 bits per heavy atom. The zero-order valence-electron chi connectivity index (χ0n) is 28.9. The van der Waals surface area contributed by atoms with Crippen LogP contribution in [0.15, 0.2) is 82.6 Å². The molecule has 1 saturated carbocycles. The van der Waals surface area contributed by atoms with Gasteiger partial charge in [0.2, 0.25) is 10.0 Å². The highest BCUT2D eigenvalue weighted by Crippen LogP contribution is 2.46. The van der Waals surface area contributed by atoms with Crippen molar-refractivity contribution in [2.75, 3.05) is 52.5 Å². The number of nitrogens with two attached hydrogens (primary N) is 1. The van der Waals surface area contributed by atoms with Crippen molar-refractivity contribution in [1.82, 2.24) is 14.9 Å². The van der Waals surface area contributed by atoms with Gasteiger partial charge in [-0.25, -0.2) is 16.8 Å². The number of nitrogens with zero attached hydrogens (tertiary/aromatic N) is 1. The van der Waals surface area contributed by atoms with Crippen LogP contribution in [0.3, 0.4) is 0 Å². The van der Waals surface area contributed by atoms with Crippen LogP contribution in [0.4, 0.5) is 0 Å². The predicted octanol–water partition coefficient (Wildman–Crippen LogP) is 2.43. The molecule has 2 atom stereocenters. The lowest BCUT2D eigenvalue weighted by atomic mass is 9.88. The fraction of sp³-hybridized carbons (Fsp3) is 0.514. The van der Waals surface area contributed by atoms with Gasteiger partial charge in [-0.05, 0) is 98.6 Å². The maximum Gasteiger partial charge on any atom is 0.243 e. The molecule has 3 aliphatic rings. The lowest BCUT2D eigenvalue weighted by Crippen LogP contribution is -2.47. The maximum absolute atomic E-state index is 13.7. The number of sulfonamides is 1. The van der Waals surface area contributed by atoms with Crippen molar-refractivity contribution in [3.8, 4) is 16.9 Å². The van der Waals surface area contributed by atoms with Crippen LogP contribution in [-0.2, 0) is 31.1 Å². The summed E-state index contributed by atoms with van der Waals surface area (Å²) in [5, 5.41) is 26.9. The van der Waals surface area contributed by atoms with Crippen molar-refractivity contribution in [2.24, 2.45) is 5.73 Å². The van der Waals surface area contributed by atoms with Crippen LogP contribution in [0.25, 0.3) is 11.1 Å². The molecule has 12 nitrogen and oxygen atoms in total. The van der Waals surface area contributed by atoms with E-state index >= 15 is 0 Å². The Labute approximate surface area is 301 Å². The van der Waals surface area contributed by atoms with E-state index in [4.69, 9.17) is 15.2 Å². The quantitative estimate of drug-likeness (QED) is 0.128. The van der Waals surface area contributed by atoms with Gasteiger partial charge in [0.15, 0.2) is 9.84 Å². The summed E-state index contributed by atoms with van der Waals surface area (Å²) in [5.74, 6) is 0.331. The SMILES string of the molecule is NCCCNCc1ccc(-c2cccc(S(=O)(=O)N3CCC4(CC3)C[C@@H](NCC(O)COc3cccc(S(=O)(=O)C5(CO)CC5)c3)CO4)c2)cc1. The van der Waals surface area contributed by atoms with Crippen molar-refractivity contribution in [1.29, 1.82) is 0 Å². The smallest absolute Gasteiger partial charge is 0.243 e. The second-order valence-corrected chi connectivity index (χ2v) is 18.3.